The van der Waals surface area contributed by atoms with Crippen molar-refractivity contribution in [2.75, 3.05) is 18.0 Å². The average molecular weight is 221 g/mol. The monoisotopic (exact) mass is 221 g/mol. The van der Waals surface area contributed by atoms with Crippen LogP contribution in [0.4, 0.5) is 5.82 Å². The molecule has 1 aliphatic rings. The minimum atomic E-state index is -1.04. The van der Waals surface area contributed by atoms with E-state index in [2.05, 4.69) is 22.0 Å². The maximum atomic E-state index is 10.6. The molecule has 5 heteroatoms. The van der Waals surface area contributed by atoms with Crippen molar-refractivity contribution in [3.63, 3.8) is 0 Å². The number of carboxylic acid groups (broad SMARTS) is 1. The van der Waals surface area contributed by atoms with E-state index in [1.807, 2.05) is 0 Å². The Morgan fingerprint density at radius 1 is 1.50 bits per heavy atom. The molecule has 1 aromatic rings. The number of carbonyl (C=O) groups is 1. The molecule has 2 heterocycles. The SMILES string of the molecule is C[C@H]1CCCN(c2ccc(C(=O)O)nn2)C1. The van der Waals surface area contributed by atoms with E-state index in [0.717, 1.165) is 25.3 Å². The summed E-state index contributed by atoms with van der Waals surface area (Å²) < 4.78 is 0. The van der Waals surface area contributed by atoms with Crippen LogP contribution in [0.2, 0.25) is 0 Å². The quantitative estimate of drug-likeness (QED) is 0.817. The molecule has 1 fully saturated rings. The first kappa shape index (κ1) is 10.9. The van der Waals surface area contributed by atoms with Crippen molar-refractivity contribution in [1.82, 2.24) is 10.2 Å². The van der Waals surface area contributed by atoms with Crippen molar-refractivity contribution >= 4 is 11.8 Å². The predicted octanol–water partition coefficient (Wildman–Crippen LogP) is 1.41. The van der Waals surface area contributed by atoms with Crippen molar-refractivity contribution in [2.24, 2.45) is 5.92 Å². The van der Waals surface area contributed by atoms with E-state index >= 15 is 0 Å². The average Bonchev–Trinajstić information content (AvgIpc) is 2.29. The van der Waals surface area contributed by atoms with Gasteiger partial charge in [-0.2, -0.15) is 0 Å². The molecule has 0 aromatic carbocycles. The molecular weight excluding hydrogens is 206 g/mol. The fraction of sp³-hybridized carbons (Fsp3) is 0.545. The molecule has 0 aliphatic carbocycles. The molecule has 5 nitrogen and oxygen atoms in total. The zero-order chi connectivity index (χ0) is 11.5. The first-order chi connectivity index (χ1) is 7.66. The number of anilines is 1. The highest BCUT2D eigenvalue weighted by atomic mass is 16.4. The second kappa shape index (κ2) is 4.47. The first-order valence-electron chi connectivity index (χ1n) is 5.49. The predicted molar refractivity (Wildman–Crippen MR) is 59.6 cm³/mol. The summed E-state index contributed by atoms with van der Waals surface area (Å²) in [5.74, 6) is 0.400. The molecule has 1 atom stereocenters. The molecule has 0 unspecified atom stereocenters. The second-order valence-electron chi connectivity index (χ2n) is 4.28. The molecule has 16 heavy (non-hydrogen) atoms. The van der Waals surface area contributed by atoms with E-state index in [0.29, 0.717) is 5.92 Å². The van der Waals surface area contributed by atoms with Crippen molar-refractivity contribution in [3.05, 3.63) is 17.8 Å². The lowest BCUT2D eigenvalue weighted by Crippen LogP contribution is -2.35. The van der Waals surface area contributed by atoms with E-state index in [9.17, 15) is 4.79 Å². The highest BCUT2D eigenvalue weighted by molar-refractivity contribution is 5.85. The topological polar surface area (TPSA) is 66.3 Å². The lowest BCUT2D eigenvalue weighted by molar-refractivity contribution is 0.0689. The number of aromatic nitrogens is 2. The summed E-state index contributed by atoms with van der Waals surface area (Å²) in [4.78, 5) is 12.8. The van der Waals surface area contributed by atoms with Gasteiger partial charge in [0.1, 0.15) is 0 Å². The highest BCUT2D eigenvalue weighted by Crippen LogP contribution is 2.20. The van der Waals surface area contributed by atoms with Crippen LogP contribution in [0.5, 0.6) is 0 Å². The normalized spacial score (nSPS) is 20.8. The number of carboxylic acids is 1. The maximum absolute atomic E-state index is 10.6. The number of rotatable bonds is 2. The van der Waals surface area contributed by atoms with Gasteiger partial charge in [-0.15, -0.1) is 10.2 Å². The van der Waals surface area contributed by atoms with E-state index in [1.54, 1.807) is 6.07 Å². The molecule has 0 bridgehead atoms. The van der Waals surface area contributed by atoms with E-state index in [-0.39, 0.29) is 5.69 Å². The van der Waals surface area contributed by atoms with Crippen LogP contribution in [0.3, 0.4) is 0 Å². The van der Waals surface area contributed by atoms with E-state index < -0.39 is 5.97 Å². The Labute approximate surface area is 94.1 Å². The largest absolute Gasteiger partial charge is 0.476 e. The van der Waals surface area contributed by atoms with Gasteiger partial charge in [0.05, 0.1) is 0 Å². The van der Waals surface area contributed by atoms with Crippen LogP contribution in [0, 0.1) is 5.92 Å². The summed E-state index contributed by atoms with van der Waals surface area (Å²) in [5.41, 5.74) is -0.00573. The fourth-order valence-electron chi connectivity index (χ4n) is 2.01. The van der Waals surface area contributed by atoms with Gasteiger partial charge in [-0.25, -0.2) is 4.79 Å². The van der Waals surface area contributed by atoms with Gasteiger partial charge in [0, 0.05) is 13.1 Å². The summed E-state index contributed by atoms with van der Waals surface area (Å²) >= 11 is 0. The molecular formula is C11H15N3O2. The number of hydrogen-bond donors (Lipinski definition) is 1. The van der Waals surface area contributed by atoms with Crippen LogP contribution in [0.1, 0.15) is 30.3 Å². The summed E-state index contributed by atoms with van der Waals surface area (Å²) in [7, 11) is 0. The lowest BCUT2D eigenvalue weighted by Gasteiger charge is -2.31. The molecule has 1 saturated heterocycles. The van der Waals surface area contributed by atoms with Crippen molar-refractivity contribution in [2.45, 2.75) is 19.8 Å². The minimum Gasteiger partial charge on any atom is -0.476 e. The molecule has 0 spiro atoms. The van der Waals surface area contributed by atoms with Crippen LogP contribution < -0.4 is 4.90 Å². The Hall–Kier alpha value is -1.65. The van der Waals surface area contributed by atoms with Gasteiger partial charge in [0.2, 0.25) is 0 Å². The van der Waals surface area contributed by atoms with Crippen LogP contribution in [-0.4, -0.2) is 34.4 Å². The smallest absolute Gasteiger partial charge is 0.356 e. The third kappa shape index (κ3) is 2.29. The third-order valence-corrected chi connectivity index (χ3v) is 2.85. The Bertz CT molecular complexity index is 377. The molecule has 0 saturated carbocycles. The van der Waals surface area contributed by atoms with Gasteiger partial charge in [-0.05, 0) is 30.9 Å². The van der Waals surface area contributed by atoms with Gasteiger partial charge in [-0.1, -0.05) is 6.92 Å². The van der Waals surface area contributed by atoms with Crippen molar-refractivity contribution < 1.29 is 9.90 Å². The summed E-state index contributed by atoms with van der Waals surface area (Å²) in [6.07, 6.45) is 2.40. The maximum Gasteiger partial charge on any atom is 0.356 e. The molecule has 0 radical (unpaired) electrons. The van der Waals surface area contributed by atoms with E-state index in [1.165, 1.54) is 12.5 Å². The van der Waals surface area contributed by atoms with Gasteiger partial charge >= 0.3 is 5.97 Å². The Morgan fingerprint density at radius 3 is 2.88 bits per heavy atom. The third-order valence-electron chi connectivity index (χ3n) is 2.85. The zero-order valence-corrected chi connectivity index (χ0v) is 9.26. The van der Waals surface area contributed by atoms with Gasteiger partial charge in [0.15, 0.2) is 11.5 Å². The second-order valence-corrected chi connectivity index (χ2v) is 4.28. The van der Waals surface area contributed by atoms with Crippen molar-refractivity contribution in [1.29, 1.82) is 0 Å². The zero-order valence-electron chi connectivity index (χ0n) is 9.26. The van der Waals surface area contributed by atoms with Crippen LogP contribution >= 0.6 is 0 Å². The first-order valence-corrected chi connectivity index (χ1v) is 5.49. The molecule has 86 valence electrons. The minimum absolute atomic E-state index is 0.00573. The Balaban J connectivity index is 2.11. The standard InChI is InChI=1S/C11H15N3O2/c1-8-3-2-6-14(7-8)10-5-4-9(11(15)16)12-13-10/h4-5,8H,2-3,6-7H2,1H3,(H,15,16)/t8-/m0/s1. The van der Waals surface area contributed by atoms with Crippen LogP contribution in [0.25, 0.3) is 0 Å². The summed E-state index contributed by atoms with van der Waals surface area (Å²) in [6, 6.07) is 3.23. The van der Waals surface area contributed by atoms with Crippen LogP contribution in [-0.2, 0) is 0 Å². The van der Waals surface area contributed by atoms with Gasteiger partial charge < -0.3 is 10.0 Å². The summed E-state index contributed by atoms with van der Waals surface area (Å²) in [5, 5.41) is 16.4. The van der Waals surface area contributed by atoms with Gasteiger partial charge in [-0.3, -0.25) is 0 Å². The van der Waals surface area contributed by atoms with E-state index in [4.69, 9.17) is 5.11 Å². The van der Waals surface area contributed by atoms with Crippen molar-refractivity contribution in [3.8, 4) is 0 Å². The number of hydrogen-bond acceptors (Lipinski definition) is 4. The fourth-order valence-corrected chi connectivity index (χ4v) is 2.01. The Kier molecular flexibility index (Phi) is 3.03. The number of nitrogens with zero attached hydrogens (tertiary/aromatic N) is 3. The Morgan fingerprint density at radius 2 is 2.31 bits per heavy atom. The lowest BCUT2D eigenvalue weighted by atomic mass is 10.0. The molecule has 1 aliphatic heterocycles. The molecule has 2 rings (SSSR count). The highest BCUT2D eigenvalue weighted by Gasteiger charge is 2.18. The summed E-state index contributed by atoms with van der Waals surface area (Å²) in [6.45, 7) is 4.16. The molecule has 1 aromatic heterocycles. The molecule has 1 N–H and O–H groups in total. The molecule has 0 amide bonds. The number of piperidine rings is 1. The van der Waals surface area contributed by atoms with Crippen LogP contribution in [0.15, 0.2) is 12.1 Å². The number of aromatic carboxylic acids is 1. The van der Waals surface area contributed by atoms with Gasteiger partial charge in [0.25, 0.3) is 0 Å².